The Morgan fingerprint density at radius 1 is 0.912 bits per heavy atom. The summed E-state index contributed by atoms with van der Waals surface area (Å²) < 4.78 is 2.65. The molecular weight excluding hydrogens is 707 g/mol. The summed E-state index contributed by atoms with van der Waals surface area (Å²) in [6.45, 7) is 43.5. The third kappa shape index (κ3) is 12.9. The lowest BCUT2D eigenvalue weighted by atomic mass is 9.42. The number of hydrogen-bond donors (Lipinski definition) is 2. The summed E-state index contributed by atoms with van der Waals surface area (Å²) in [5.41, 5.74) is 11.1. The average Bonchev–Trinajstić information content (AvgIpc) is 3.56. The first-order valence-corrected chi connectivity index (χ1v) is 22.2. The van der Waals surface area contributed by atoms with E-state index in [0.717, 1.165) is 29.7 Å². The molecule has 1 aliphatic carbocycles. The fourth-order valence-electron chi connectivity index (χ4n) is 7.57. The van der Waals surface area contributed by atoms with Crippen LogP contribution in [-0.2, 0) is 10.8 Å². The maximum atomic E-state index is 4.19. The Balaban J connectivity index is 2.26. The molecule has 0 fully saturated rings. The van der Waals surface area contributed by atoms with Gasteiger partial charge in [0, 0.05) is 22.6 Å². The highest BCUT2D eigenvalue weighted by molar-refractivity contribution is 7.30. The van der Waals surface area contributed by atoms with Crippen molar-refractivity contribution < 1.29 is 0 Å². The maximum absolute atomic E-state index is 4.19. The highest BCUT2D eigenvalue weighted by atomic mass is 32.1. The predicted octanol–water partition coefficient (Wildman–Crippen LogP) is 14.7. The van der Waals surface area contributed by atoms with E-state index in [1.165, 1.54) is 55.6 Å². The molecule has 0 atom stereocenters. The van der Waals surface area contributed by atoms with Crippen LogP contribution in [0.25, 0.3) is 10.1 Å². The fraction of sp³-hybridized carbons (Fsp3) is 0.472. The lowest BCUT2D eigenvalue weighted by molar-refractivity contribution is 0.332. The van der Waals surface area contributed by atoms with Crippen molar-refractivity contribution in [2.75, 3.05) is 6.54 Å². The minimum Gasteiger partial charge on any atom is -0.382 e. The number of hydrogen-bond acceptors (Lipinski definition) is 3. The first kappa shape index (κ1) is 47.6. The number of fused-ring (bicyclic) bond motifs is 2. The number of rotatable bonds is 18. The van der Waals surface area contributed by atoms with Gasteiger partial charge in [-0.25, -0.2) is 0 Å². The van der Waals surface area contributed by atoms with Crippen molar-refractivity contribution in [3.63, 3.8) is 0 Å². The van der Waals surface area contributed by atoms with E-state index in [1.54, 1.807) is 0 Å². The molecule has 1 heterocycles. The topological polar surface area (TPSA) is 24.1 Å². The van der Waals surface area contributed by atoms with Gasteiger partial charge in [-0.2, -0.15) is 0 Å². The Morgan fingerprint density at radius 2 is 1.56 bits per heavy atom. The van der Waals surface area contributed by atoms with Crippen LogP contribution in [-0.4, -0.2) is 13.3 Å². The Kier molecular flexibility index (Phi) is 16.9. The standard InChI is InChI=1S/C53H77BN2S/c1-18-22-23-24-32-54(49-35-41-34-43-44(36-48(41)57-49)53(16,17)31-30-52(43,14)15)45(37-56-46(20-3)39(7)28-29-50(9,10)11)47(26-19-2)55-33-25-27-42(38(5)6)40(8)51(12,13)21-4/h18-20,22-28,32,34-38,55-56H,1-2,21,29-31,33H2,3-17H3/b23-22-,27-25-,32-24+,39-28-,42-40-,45-37-,46-20+,47-26+. The normalized spacial score (nSPS) is 17.5. The fourth-order valence-corrected chi connectivity index (χ4v) is 8.75. The summed E-state index contributed by atoms with van der Waals surface area (Å²) in [6.07, 6.45) is 28.0. The molecular formula is C53H77BN2S. The van der Waals surface area contributed by atoms with Gasteiger partial charge in [0.25, 0.3) is 6.71 Å². The van der Waals surface area contributed by atoms with Crippen LogP contribution in [0.5, 0.6) is 0 Å². The van der Waals surface area contributed by atoms with Gasteiger partial charge in [0.15, 0.2) is 0 Å². The van der Waals surface area contributed by atoms with Gasteiger partial charge in [-0.05, 0) is 142 Å². The lowest BCUT2D eigenvalue weighted by Crippen LogP contribution is -2.34. The van der Waals surface area contributed by atoms with Crippen LogP contribution < -0.4 is 15.4 Å². The highest BCUT2D eigenvalue weighted by Crippen LogP contribution is 2.47. The van der Waals surface area contributed by atoms with Crippen molar-refractivity contribution in [3.05, 3.63) is 149 Å². The molecule has 0 amide bonds. The van der Waals surface area contributed by atoms with Crippen molar-refractivity contribution in [2.45, 2.75) is 140 Å². The van der Waals surface area contributed by atoms with Crippen molar-refractivity contribution >= 4 is 32.9 Å². The van der Waals surface area contributed by atoms with Gasteiger partial charge in [-0.1, -0.05) is 157 Å². The van der Waals surface area contributed by atoms with Gasteiger partial charge < -0.3 is 10.6 Å². The molecule has 0 saturated heterocycles. The molecule has 4 heteroatoms. The van der Waals surface area contributed by atoms with Gasteiger partial charge in [0.05, 0.1) is 0 Å². The van der Waals surface area contributed by atoms with Gasteiger partial charge in [0.1, 0.15) is 0 Å². The van der Waals surface area contributed by atoms with Crippen LogP contribution in [0.4, 0.5) is 0 Å². The van der Waals surface area contributed by atoms with E-state index in [-0.39, 0.29) is 28.4 Å². The molecule has 0 aliphatic heterocycles. The quantitative estimate of drug-likeness (QED) is 0.116. The van der Waals surface area contributed by atoms with Crippen molar-refractivity contribution in [1.29, 1.82) is 0 Å². The summed E-state index contributed by atoms with van der Waals surface area (Å²) in [7, 11) is 0. The monoisotopic (exact) mass is 785 g/mol. The second-order valence-corrected chi connectivity index (χ2v) is 20.6. The van der Waals surface area contributed by atoms with Crippen LogP contribution in [0, 0.1) is 16.7 Å². The zero-order valence-electron chi connectivity index (χ0n) is 38.7. The number of nitrogens with one attached hydrogen (secondary N) is 2. The Morgan fingerprint density at radius 3 is 2.12 bits per heavy atom. The van der Waals surface area contributed by atoms with E-state index in [0.29, 0.717) is 12.5 Å². The van der Waals surface area contributed by atoms with Crippen LogP contribution in [0.2, 0.25) is 0 Å². The van der Waals surface area contributed by atoms with Gasteiger partial charge in [0.2, 0.25) is 0 Å². The zero-order chi connectivity index (χ0) is 42.8. The largest absolute Gasteiger partial charge is 0.382 e. The Hall–Kier alpha value is -3.76. The van der Waals surface area contributed by atoms with Crippen molar-refractivity contribution in [2.24, 2.45) is 16.7 Å². The van der Waals surface area contributed by atoms with E-state index in [4.69, 9.17) is 0 Å². The highest BCUT2D eigenvalue weighted by Gasteiger charge is 2.37. The lowest BCUT2D eigenvalue weighted by Gasteiger charge is -2.41. The molecule has 308 valence electrons. The molecule has 0 saturated carbocycles. The third-order valence-electron chi connectivity index (χ3n) is 12.2. The Labute approximate surface area is 354 Å². The minimum absolute atomic E-state index is 0.0409. The van der Waals surface area contributed by atoms with E-state index in [9.17, 15) is 0 Å². The third-order valence-corrected chi connectivity index (χ3v) is 13.4. The average molecular weight is 785 g/mol. The number of thiophene rings is 1. The summed E-state index contributed by atoms with van der Waals surface area (Å²) in [5, 5.41) is 8.96. The van der Waals surface area contributed by atoms with Gasteiger partial charge in [-0.3, -0.25) is 0 Å². The van der Waals surface area contributed by atoms with E-state index < -0.39 is 0 Å². The maximum Gasteiger partial charge on any atom is 0.251 e. The van der Waals surface area contributed by atoms with E-state index >= 15 is 0 Å². The van der Waals surface area contributed by atoms with E-state index in [1.807, 2.05) is 29.6 Å². The van der Waals surface area contributed by atoms with Gasteiger partial charge in [-0.15, -0.1) is 17.3 Å². The summed E-state index contributed by atoms with van der Waals surface area (Å²) in [5.74, 6) is 2.77. The van der Waals surface area contributed by atoms with Crippen LogP contribution in [0.15, 0.2) is 138 Å². The number of allylic oxidation sites excluding steroid dienone is 13. The SMILES string of the molecule is C=C/C=C\C=C\B(C(=C\NC(=C/C)/C(C)=C\CC(C)(C)C)/C(=C\C=C)NC/C=C\C(=C(/C)C(C)(C)CC)C(C)C)c1cc2cc3c(cc2s1)C(C)(C)CCC3(C)C. The summed E-state index contributed by atoms with van der Waals surface area (Å²) in [6, 6.07) is 7.44. The van der Waals surface area contributed by atoms with Gasteiger partial charge >= 0.3 is 0 Å². The van der Waals surface area contributed by atoms with Crippen LogP contribution in [0.1, 0.15) is 141 Å². The smallest absolute Gasteiger partial charge is 0.251 e. The summed E-state index contributed by atoms with van der Waals surface area (Å²) in [4.78, 5) is 0. The molecule has 0 bridgehead atoms. The number of benzene rings is 1. The van der Waals surface area contributed by atoms with E-state index in [2.05, 4.69) is 201 Å². The first-order chi connectivity index (χ1) is 26.6. The predicted molar refractivity (Wildman–Crippen MR) is 261 cm³/mol. The van der Waals surface area contributed by atoms with Crippen molar-refractivity contribution in [1.82, 2.24) is 10.6 Å². The van der Waals surface area contributed by atoms with Crippen LogP contribution >= 0.6 is 11.3 Å². The first-order valence-electron chi connectivity index (χ1n) is 21.4. The molecule has 1 aliphatic rings. The molecule has 1 aromatic carbocycles. The molecule has 0 unspecified atom stereocenters. The zero-order valence-corrected chi connectivity index (χ0v) is 39.5. The minimum atomic E-state index is -0.0409. The summed E-state index contributed by atoms with van der Waals surface area (Å²) >= 11 is 1.92. The molecule has 2 nitrogen and oxygen atoms in total. The molecule has 0 radical (unpaired) electrons. The van der Waals surface area contributed by atoms with Crippen molar-refractivity contribution in [3.8, 4) is 0 Å². The second kappa shape index (κ2) is 20.3. The molecule has 1 aromatic heterocycles. The molecule has 57 heavy (non-hydrogen) atoms. The molecule has 2 N–H and O–H groups in total. The second-order valence-electron chi connectivity index (χ2n) is 19.5. The molecule has 2 aromatic rings. The molecule has 3 rings (SSSR count). The van der Waals surface area contributed by atoms with Crippen LogP contribution in [0.3, 0.4) is 0 Å². The Bertz CT molecular complexity index is 1920. The molecule has 0 spiro atoms.